The molecule has 0 N–H and O–H groups in total. The van der Waals surface area contributed by atoms with E-state index in [9.17, 15) is 8.78 Å². The first-order valence-corrected chi connectivity index (χ1v) is 13.7. The van der Waals surface area contributed by atoms with Gasteiger partial charge in [0, 0.05) is 8.80 Å². The summed E-state index contributed by atoms with van der Waals surface area (Å²) in [5.74, 6) is 0.874. The molecule has 2 aromatic rings. The predicted octanol–water partition coefficient (Wildman–Crippen LogP) is 8.22. The van der Waals surface area contributed by atoms with E-state index in [2.05, 4.69) is 25.1 Å². The predicted molar refractivity (Wildman–Crippen MR) is 120 cm³/mol. The smallest absolute Gasteiger partial charge is 0.159 e. The van der Waals surface area contributed by atoms with Crippen LogP contribution in [0.2, 0.25) is 18.1 Å². The fourth-order valence-electron chi connectivity index (χ4n) is 5.80. The lowest BCUT2D eigenvalue weighted by molar-refractivity contribution is 0.216. The monoisotopic (exact) mass is 411 g/mol. The lowest BCUT2D eigenvalue weighted by Gasteiger charge is -2.38. The first kappa shape index (κ1) is 20.8. The Morgan fingerprint density at radius 2 is 1.52 bits per heavy atom. The summed E-state index contributed by atoms with van der Waals surface area (Å²) in [6, 6.07) is 17.3. The minimum absolute atomic E-state index is 0.0222. The van der Waals surface area contributed by atoms with Crippen LogP contribution in [0.5, 0.6) is 0 Å². The van der Waals surface area contributed by atoms with Gasteiger partial charge in [0.1, 0.15) is 0 Å². The van der Waals surface area contributed by atoms with Crippen molar-refractivity contribution in [2.45, 2.75) is 75.9 Å². The summed E-state index contributed by atoms with van der Waals surface area (Å²) in [5.41, 5.74) is 3.17. The average Bonchev–Trinajstić information content (AvgIpc) is 2.77. The minimum atomic E-state index is -0.775. The van der Waals surface area contributed by atoms with Crippen LogP contribution in [0.15, 0.2) is 42.5 Å². The van der Waals surface area contributed by atoms with Crippen molar-refractivity contribution in [3.63, 3.8) is 0 Å². The molecule has 2 aromatic carbocycles. The summed E-state index contributed by atoms with van der Waals surface area (Å²) < 4.78 is 27.2. The van der Waals surface area contributed by atoms with E-state index in [0.29, 0.717) is 5.92 Å². The molecular formula is C26H33F2Si. The molecule has 155 valence electrons. The van der Waals surface area contributed by atoms with Crippen molar-refractivity contribution in [3.8, 4) is 11.1 Å². The van der Waals surface area contributed by atoms with Gasteiger partial charge in [0.15, 0.2) is 11.6 Å². The van der Waals surface area contributed by atoms with Gasteiger partial charge in [0.2, 0.25) is 0 Å². The summed E-state index contributed by atoms with van der Waals surface area (Å²) in [7, 11) is -0.0222. The van der Waals surface area contributed by atoms with Crippen molar-refractivity contribution in [2.24, 2.45) is 11.8 Å². The van der Waals surface area contributed by atoms with E-state index < -0.39 is 11.6 Å². The van der Waals surface area contributed by atoms with Crippen molar-refractivity contribution in [3.05, 3.63) is 59.7 Å². The van der Waals surface area contributed by atoms with Crippen LogP contribution >= 0.6 is 0 Å². The van der Waals surface area contributed by atoms with Crippen LogP contribution < -0.4 is 0 Å². The molecule has 1 aliphatic carbocycles. The van der Waals surface area contributed by atoms with Gasteiger partial charge in [-0.15, -0.1) is 0 Å². The second-order valence-corrected chi connectivity index (χ2v) is 12.2. The molecular weight excluding hydrogens is 378 g/mol. The first-order chi connectivity index (χ1) is 14.2. The Morgan fingerprint density at radius 3 is 2.21 bits per heavy atom. The Balaban J connectivity index is 1.41. The maximum absolute atomic E-state index is 13.8. The highest BCUT2D eigenvalue weighted by Crippen LogP contribution is 2.45. The lowest BCUT2D eigenvalue weighted by atomic mass is 9.71. The Morgan fingerprint density at radius 1 is 0.828 bits per heavy atom. The fourth-order valence-corrected chi connectivity index (χ4v) is 8.82. The van der Waals surface area contributed by atoms with Gasteiger partial charge < -0.3 is 0 Å². The number of halogens is 2. The first-order valence-electron chi connectivity index (χ1n) is 11.5. The van der Waals surface area contributed by atoms with E-state index in [4.69, 9.17) is 0 Å². The second kappa shape index (κ2) is 9.55. The van der Waals surface area contributed by atoms with Gasteiger partial charge in [-0.25, -0.2) is 8.78 Å². The van der Waals surface area contributed by atoms with Crippen molar-refractivity contribution >= 4 is 8.80 Å². The molecule has 2 fully saturated rings. The highest BCUT2D eigenvalue weighted by molar-refractivity contribution is 6.58. The van der Waals surface area contributed by atoms with E-state index in [1.807, 2.05) is 6.07 Å². The zero-order chi connectivity index (χ0) is 20.2. The summed E-state index contributed by atoms with van der Waals surface area (Å²) in [6.07, 6.45) is 9.46. The number of hydrogen-bond acceptors (Lipinski definition) is 0. The van der Waals surface area contributed by atoms with E-state index in [-0.39, 0.29) is 8.80 Å². The van der Waals surface area contributed by atoms with E-state index in [1.165, 1.54) is 68.7 Å². The molecule has 1 heterocycles. The molecule has 0 unspecified atom stereocenters. The SMILES string of the molecule is CCC[Si]1CCC(C2CCC(c3ccccc3-c3ccc(F)c(F)c3)CC2)CC1. The summed E-state index contributed by atoms with van der Waals surface area (Å²) in [5, 5.41) is 0. The van der Waals surface area contributed by atoms with E-state index >= 15 is 0 Å². The molecule has 0 bridgehead atoms. The van der Waals surface area contributed by atoms with Gasteiger partial charge in [0.05, 0.1) is 0 Å². The zero-order valence-corrected chi connectivity index (χ0v) is 18.6. The van der Waals surface area contributed by atoms with Gasteiger partial charge in [-0.1, -0.05) is 74.7 Å². The molecule has 0 spiro atoms. The molecule has 1 aliphatic heterocycles. The third-order valence-corrected chi connectivity index (χ3v) is 10.6. The van der Waals surface area contributed by atoms with Crippen molar-refractivity contribution in [2.75, 3.05) is 0 Å². The number of hydrogen-bond donors (Lipinski definition) is 0. The molecule has 2 aliphatic rings. The second-order valence-electron chi connectivity index (χ2n) is 9.17. The molecule has 0 nitrogen and oxygen atoms in total. The normalized spacial score (nSPS) is 24.0. The highest BCUT2D eigenvalue weighted by atomic mass is 28.3. The quantitative estimate of drug-likeness (QED) is 0.435. The van der Waals surface area contributed by atoms with Crippen LogP contribution in [-0.2, 0) is 0 Å². The standard InChI is InChI=1S/C26H33F2Si/c1-2-15-29-16-13-20(14-17-29)19-7-9-21(10-8-19)23-5-3-4-6-24(23)22-11-12-25(27)26(28)18-22/h3-6,11-12,18-21H,2,7-10,13-17H2,1H3. The van der Waals surface area contributed by atoms with Gasteiger partial charge in [0.25, 0.3) is 0 Å². The molecule has 4 rings (SSSR count). The average molecular weight is 412 g/mol. The molecule has 3 heteroatoms. The Hall–Kier alpha value is -1.48. The van der Waals surface area contributed by atoms with Crippen molar-refractivity contribution in [1.29, 1.82) is 0 Å². The van der Waals surface area contributed by atoms with Crippen molar-refractivity contribution < 1.29 is 8.78 Å². The third-order valence-electron chi connectivity index (χ3n) is 7.41. The lowest BCUT2D eigenvalue weighted by Crippen LogP contribution is -2.28. The summed E-state index contributed by atoms with van der Waals surface area (Å²) in [4.78, 5) is 0. The molecule has 1 radical (unpaired) electrons. The summed E-state index contributed by atoms with van der Waals surface area (Å²) >= 11 is 0. The van der Waals surface area contributed by atoms with Gasteiger partial charge >= 0.3 is 0 Å². The molecule has 1 saturated carbocycles. The maximum atomic E-state index is 13.8. The molecule has 1 saturated heterocycles. The molecule has 0 aromatic heterocycles. The van der Waals surface area contributed by atoms with Crippen LogP contribution in [-0.4, -0.2) is 8.80 Å². The minimum Gasteiger partial charge on any atom is -0.204 e. The Labute approximate surface area is 176 Å². The van der Waals surface area contributed by atoms with Crippen LogP contribution in [0.4, 0.5) is 8.78 Å². The molecule has 0 atom stereocenters. The fraction of sp³-hybridized carbons (Fsp3) is 0.538. The third kappa shape index (κ3) is 4.82. The van der Waals surface area contributed by atoms with Crippen LogP contribution in [0.3, 0.4) is 0 Å². The van der Waals surface area contributed by atoms with E-state index in [0.717, 1.165) is 23.0 Å². The number of rotatable bonds is 5. The highest BCUT2D eigenvalue weighted by Gasteiger charge is 2.32. The Kier molecular flexibility index (Phi) is 6.84. The van der Waals surface area contributed by atoms with Crippen molar-refractivity contribution in [1.82, 2.24) is 0 Å². The molecule has 0 amide bonds. The van der Waals surface area contributed by atoms with Crippen LogP contribution in [0.1, 0.15) is 63.4 Å². The van der Waals surface area contributed by atoms with Gasteiger partial charge in [-0.3, -0.25) is 0 Å². The van der Waals surface area contributed by atoms with Crippen LogP contribution in [0, 0.1) is 23.5 Å². The largest absolute Gasteiger partial charge is 0.204 e. The maximum Gasteiger partial charge on any atom is 0.159 e. The van der Waals surface area contributed by atoms with Gasteiger partial charge in [-0.05, 0) is 72.3 Å². The number of benzene rings is 2. The molecule has 29 heavy (non-hydrogen) atoms. The zero-order valence-electron chi connectivity index (χ0n) is 17.6. The van der Waals surface area contributed by atoms with E-state index in [1.54, 1.807) is 18.2 Å². The summed E-state index contributed by atoms with van der Waals surface area (Å²) in [6.45, 7) is 2.34. The topological polar surface area (TPSA) is 0 Å². The van der Waals surface area contributed by atoms with Crippen LogP contribution in [0.25, 0.3) is 11.1 Å². The van der Waals surface area contributed by atoms with Gasteiger partial charge in [-0.2, -0.15) is 0 Å². The Bertz CT molecular complexity index is 802.